The van der Waals surface area contributed by atoms with Crippen LogP contribution in [-0.4, -0.2) is 12.5 Å². The summed E-state index contributed by atoms with van der Waals surface area (Å²) < 4.78 is 0.922. The number of halogens is 1. The third kappa shape index (κ3) is 2.74. The molecule has 0 aliphatic carbocycles. The molecular formula is C9H10BrNOS. The number of hydrogen-bond donors (Lipinski definition) is 2. The summed E-state index contributed by atoms with van der Waals surface area (Å²) in [5.41, 5.74) is 0.605. The number of thiol groups is 1. The minimum Gasteiger partial charge on any atom is -0.352 e. The Morgan fingerprint density at radius 3 is 2.85 bits per heavy atom. The van der Waals surface area contributed by atoms with Gasteiger partial charge >= 0.3 is 0 Å². The van der Waals surface area contributed by atoms with E-state index in [4.69, 9.17) is 0 Å². The molecule has 4 heteroatoms. The van der Waals surface area contributed by atoms with Gasteiger partial charge in [-0.2, -0.15) is 0 Å². The molecule has 0 fully saturated rings. The van der Waals surface area contributed by atoms with E-state index in [9.17, 15) is 4.79 Å². The highest BCUT2D eigenvalue weighted by atomic mass is 79.9. The Morgan fingerprint density at radius 2 is 2.31 bits per heavy atom. The largest absolute Gasteiger partial charge is 0.352 e. The highest BCUT2D eigenvalue weighted by Crippen LogP contribution is 2.19. The molecule has 1 rings (SSSR count). The Morgan fingerprint density at radius 1 is 1.62 bits per heavy atom. The Balaban J connectivity index is 2.95. The lowest BCUT2D eigenvalue weighted by Gasteiger charge is -2.04. The minimum absolute atomic E-state index is 0.0833. The fourth-order valence-corrected chi connectivity index (χ4v) is 1.81. The zero-order valence-corrected chi connectivity index (χ0v) is 9.65. The van der Waals surface area contributed by atoms with Gasteiger partial charge in [-0.3, -0.25) is 4.79 Å². The third-order valence-electron chi connectivity index (χ3n) is 1.54. The number of hydrogen-bond acceptors (Lipinski definition) is 2. The Hall–Kier alpha value is -0.480. The van der Waals surface area contributed by atoms with Gasteiger partial charge in [0.2, 0.25) is 0 Å². The van der Waals surface area contributed by atoms with Gasteiger partial charge in [-0.05, 0) is 25.1 Å². The lowest BCUT2D eigenvalue weighted by Crippen LogP contribution is -2.22. The molecule has 0 radical (unpaired) electrons. The highest BCUT2D eigenvalue weighted by molar-refractivity contribution is 9.10. The van der Waals surface area contributed by atoms with E-state index in [0.29, 0.717) is 17.0 Å². The van der Waals surface area contributed by atoms with Crippen LogP contribution < -0.4 is 5.32 Å². The molecule has 70 valence electrons. The first kappa shape index (κ1) is 10.6. The fraction of sp³-hybridized carbons (Fsp3) is 0.222. The highest BCUT2D eigenvalue weighted by Gasteiger charge is 2.07. The van der Waals surface area contributed by atoms with Crippen LogP contribution in [0.15, 0.2) is 27.6 Å². The summed E-state index contributed by atoms with van der Waals surface area (Å²) in [7, 11) is 0. The second-order valence-corrected chi connectivity index (χ2v) is 3.92. The van der Waals surface area contributed by atoms with Crippen LogP contribution in [0.5, 0.6) is 0 Å². The SMILES string of the molecule is CCNC(=O)c1ccc(Br)cc1S. The standard InChI is InChI=1S/C9H10BrNOS/c1-2-11-9(12)7-4-3-6(10)5-8(7)13/h3-5,13H,2H2,1H3,(H,11,12). The Labute approximate surface area is 91.3 Å². The zero-order valence-electron chi connectivity index (χ0n) is 7.17. The zero-order chi connectivity index (χ0) is 9.84. The number of carbonyl (C=O) groups excluding carboxylic acids is 1. The Bertz CT molecular complexity index is 327. The van der Waals surface area contributed by atoms with Crippen LogP contribution in [0.3, 0.4) is 0 Å². The summed E-state index contributed by atoms with van der Waals surface area (Å²) >= 11 is 7.51. The van der Waals surface area contributed by atoms with E-state index in [1.54, 1.807) is 12.1 Å². The van der Waals surface area contributed by atoms with Gasteiger partial charge in [0, 0.05) is 15.9 Å². The van der Waals surface area contributed by atoms with Gasteiger partial charge in [-0.15, -0.1) is 12.6 Å². The van der Waals surface area contributed by atoms with Crippen LogP contribution in [0.2, 0.25) is 0 Å². The van der Waals surface area contributed by atoms with Crippen LogP contribution >= 0.6 is 28.6 Å². The molecule has 0 aromatic heterocycles. The van der Waals surface area contributed by atoms with Gasteiger partial charge in [0.05, 0.1) is 5.56 Å². The van der Waals surface area contributed by atoms with Crippen LogP contribution in [0.1, 0.15) is 17.3 Å². The van der Waals surface area contributed by atoms with Crippen LogP contribution in [0.4, 0.5) is 0 Å². The molecule has 0 bridgehead atoms. The first-order chi connectivity index (χ1) is 6.15. The summed E-state index contributed by atoms with van der Waals surface area (Å²) in [6.07, 6.45) is 0. The van der Waals surface area contributed by atoms with Crippen molar-refractivity contribution in [2.45, 2.75) is 11.8 Å². The van der Waals surface area contributed by atoms with Crippen molar-refractivity contribution in [1.29, 1.82) is 0 Å². The van der Waals surface area contributed by atoms with Gasteiger partial charge in [0.1, 0.15) is 0 Å². The molecule has 0 atom stereocenters. The molecule has 0 aliphatic heterocycles. The molecule has 0 saturated carbocycles. The molecule has 1 aromatic rings. The summed E-state index contributed by atoms with van der Waals surface area (Å²) in [6.45, 7) is 2.51. The maximum Gasteiger partial charge on any atom is 0.252 e. The lowest BCUT2D eigenvalue weighted by molar-refractivity contribution is 0.0953. The molecule has 0 heterocycles. The normalized spacial score (nSPS) is 9.77. The van der Waals surface area contributed by atoms with Crippen LogP contribution in [-0.2, 0) is 0 Å². The van der Waals surface area contributed by atoms with Gasteiger partial charge in [-0.25, -0.2) is 0 Å². The van der Waals surface area contributed by atoms with Crippen molar-refractivity contribution in [1.82, 2.24) is 5.32 Å². The van der Waals surface area contributed by atoms with Crippen molar-refractivity contribution in [3.05, 3.63) is 28.2 Å². The first-order valence-corrected chi connectivity index (χ1v) is 5.16. The number of carbonyl (C=O) groups is 1. The van der Waals surface area contributed by atoms with Crippen molar-refractivity contribution < 1.29 is 4.79 Å². The second-order valence-electron chi connectivity index (χ2n) is 2.52. The monoisotopic (exact) mass is 259 g/mol. The molecule has 0 saturated heterocycles. The molecule has 0 aliphatic rings. The van der Waals surface area contributed by atoms with E-state index >= 15 is 0 Å². The van der Waals surface area contributed by atoms with Gasteiger partial charge < -0.3 is 5.32 Å². The molecule has 1 aromatic carbocycles. The van der Waals surface area contributed by atoms with E-state index in [0.717, 1.165) is 4.47 Å². The second kappa shape index (κ2) is 4.67. The summed E-state index contributed by atoms with van der Waals surface area (Å²) in [5, 5.41) is 2.72. The van der Waals surface area contributed by atoms with E-state index in [-0.39, 0.29) is 5.91 Å². The van der Waals surface area contributed by atoms with E-state index in [1.165, 1.54) is 0 Å². The summed E-state index contributed by atoms with van der Waals surface area (Å²) in [4.78, 5) is 12.1. The molecule has 13 heavy (non-hydrogen) atoms. The van der Waals surface area contributed by atoms with Gasteiger partial charge in [0.15, 0.2) is 0 Å². The van der Waals surface area contributed by atoms with Crippen LogP contribution in [0, 0.1) is 0 Å². The molecule has 2 nitrogen and oxygen atoms in total. The minimum atomic E-state index is -0.0833. The van der Waals surface area contributed by atoms with Crippen molar-refractivity contribution in [2.75, 3.05) is 6.54 Å². The molecule has 1 amide bonds. The number of benzene rings is 1. The number of rotatable bonds is 2. The van der Waals surface area contributed by atoms with Crippen molar-refractivity contribution in [3.63, 3.8) is 0 Å². The first-order valence-electron chi connectivity index (χ1n) is 3.92. The van der Waals surface area contributed by atoms with Crippen molar-refractivity contribution in [3.8, 4) is 0 Å². The summed E-state index contributed by atoms with van der Waals surface area (Å²) in [5.74, 6) is -0.0833. The fourth-order valence-electron chi connectivity index (χ4n) is 0.953. The smallest absolute Gasteiger partial charge is 0.252 e. The lowest BCUT2D eigenvalue weighted by atomic mass is 10.2. The quantitative estimate of drug-likeness (QED) is 0.786. The molecule has 0 unspecified atom stereocenters. The molecule has 1 N–H and O–H groups in total. The van der Waals surface area contributed by atoms with Crippen molar-refractivity contribution in [2.24, 2.45) is 0 Å². The molecular weight excluding hydrogens is 250 g/mol. The third-order valence-corrected chi connectivity index (χ3v) is 2.40. The van der Waals surface area contributed by atoms with Crippen LogP contribution in [0.25, 0.3) is 0 Å². The Kier molecular flexibility index (Phi) is 3.81. The van der Waals surface area contributed by atoms with Crippen molar-refractivity contribution >= 4 is 34.5 Å². The maximum absolute atomic E-state index is 11.4. The van der Waals surface area contributed by atoms with Gasteiger partial charge in [0.25, 0.3) is 5.91 Å². The van der Waals surface area contributed by atoms with E-state index < -0.39 is 0 Å². The molecule has 0 spiro atoms. The van der Waals surface area contributed by atoms with E-state index in [1.807, 2.05) is 13.0 Å². The predicted octanol–water partition coefficient (Wildman–Crippen LogP) is 2.49. The summed E-state index contributed by atoms with van der Waals surface area (Å²) in [6, 6.07) is 5.37. The topological polar surface area (TPSA) is 29.1 Å². The average molecular weight is 260 g/mol. The maximum atomic E-state index is 11.4. The number of nitrogens with one attached hydrogen (secondary N) is 1. The van der Waals surface area contributed by atoms with Gasteiger partial charge in [-0.1, -0.05) is 15.9 Å². The predicted molar refractivity (Wildman–Crippen MR) is 59.4 cm³/mol. The average Bonchev–Trinajstić information content (AvgIpc) is 2.04. The van der Waals surface area contributed by atoms with E-state index in [2.05, 4.69) is 33.9 Å². The number of amides is 1.